The molecular weight excluding hydrogens is 192 g/mol. The molecule has 0 spiro atoms. The molecule has 0 saturated carbocycles. The van der Waals surface area contributed by atoms with Gasteiger partial charge >= 0.3 is 0 Å². The maximum atomic E-state index is 8.73. The molecule has 80 valence electrons. The van der Waals surface area contributed by atoms with Gasteiger partial charge in [0, 0.05) is 19.3 Å². The lowest BCUT2D eigenvalue weighted by molar-refractivity contribution is 0.286. The van der Waals surface area contributed by atoms with Crippen molar-refractivity contribution in [2.45, 2.75) is 12.8 Å². The van der Waals surface area contributed by atoms with E-state index in [0.29, 0.717) is 23.6 Å². The Bertz CT molecular complexity index is 359. The number of aromatic nitrogens is 1. The average Bonchev–Trinajstić information content (AvgIpc) is 2.26. The van der Waals surface area contributed by atoms with Gasteiger partial charge in [-0.15, -0.1) is 0 Å². The topological polar surface area (TPSA) is 95.0 Å². The van der Waals surface area contributed by atoms with E-state index in [1.807, 2.05) is 6.07 Å². The number of nitrogens with two attached hydrogens (primary N) is 1. The third kappa shape index (κ3) is 3.11. The standard InChI is InChI=1S/C10H14N4O/c11-7-8-3-5-14-10(9(8)12)13-4-1-2-6-15/h3,5,15H,1-2,4,6,12H2,(H,13,14). The largest absolute Gasteiger partial charge is 0.396 e. The number of anilines is 2. The Morgan fingerprint density at radius 2 is 2.33 bits per heavy atom. The number of hydrogen-bond donors (Lipinski definition) is 3. The minimum atomic E-state index is 0.183. The summed E-state index contributed by atoms with van der Waals surface area (Å²) in [4.78, 5) is 4.03. The molecule has 0 bridgehead atoms. The quantitative estimate of drug-likeness (QED) is 0.617. The van der Waals surface area contributed by atoms with Crippen LogP contribution in [0.25, 0.3) is 0 Å². The van der Waals surface area contributed by atoms with E-state index in [0.717, 1.165) is 12.8 Å². The van der Waals surface area contributed by atoms with Crippen molar-refractivity contribution in [3.63, 3.8) is 0 Å². The fourth-order valence-electron chi connectivity index (χ4n) is 1.16. The molecule has 0 unspecified atom stereocenters. The third-order valence-corrected chi connectivity index (χ3v) is 1.99. The molecule has 5 nitrogen and oxygen atoms in total. The van der Waals surface area contributed by atoms with Crippen LogP contribution < -0.4 is 11.1 Å². The fraction of sp³-hybridized carbons (Fsp3) is 0.400. The van der Waals surface area contributed by atoms with Crippen LogP contribution in [0.1, 0.15) is 18.4 Å². The van der Waals surface area contributed by atoms with Crippen molar-refractivity contribution >= 4 is 11.5 Å². The predicted molar refractivity (Wildman–Crippen MR) is 58.2 cm³/mol. The number of nitriles is 1. The molecule has 0 aromatic carbocycles. The van der Waals surface area contributed by atoms with Gasteiger partial charge in [0.05, 0.1) is 11.3 Å². The van der Waals surface area contributed by atoms with Crippen molar-refractivity contribution in [2.75, 3.05) is 24.2 Å². The predicted octanol–water partition coefficient (Wildman–Crippen LogP) is 0.720. The summed E-state index contributed by atoms with van der Waals surface area (Å²) in [5.74, 6) is 0.534. The SMILES string of the molecule is N#Cc1ccnc(NCCCCO)c1N. The number of pyridine rings is 1. The molecule has 15 heavy (non-hydrogen) atoms. The smallest absolute Gasteiger partial charge is 0.150 e. The Hall–Kier alpha value is -1.80. The summed E-state index contributed by atoms with van der Waals surface area (Å²) in [5, 5.41) is 20.3. The molecule has 0 aliphatic carbocycles. The summed E-state index contributed by atoms with van der Waals surface area (Å²) in [5.41, 5.74) is 6.52. The first-order valence-corrected chi connectivity index (χ1v) is 4.79. The summed E-state index contributed by atoms with van der Waals surface area (Å²) < 4.78 is 0. The van der Waals surface area contributed by atoms with Gasteiger partial charge < -0.3 is 16.2 Å². The second-order valence-electron chi connectivity index (χ2n) is 3.09. The highest BCUT2D eigenvalue weighted by molar-refractivity contribution is 5.68. The highest BCUT2D eigenvalue weighted by atomic mass is 16.2. The van der Waals surface area contributed by atoms with E-state index in [4.69, 9.17) is 16.1 Å². The van der Waals surface area contributed by atoms with Crippen LogP contribution in [0, 0.1) is 11.3 Å². The summed E-state index contributed by atoms with van der Waals surface area (Å²) >= 11 is 0. The molecule has 0 radical (unpaired) electrons. The maximum Gasteiger partial charge on any atom is 0.150 e. The molecule has 0 fully saturated rings. The lowest BCUT2D eigenvalue weighted by Crippen LogP contribution is -2.07. The number of nitrogens with zero attached hydrogens (tertiary/aromatic N) is 2. The molecule has 0 amide bonds. The van der Waals surface area contributed by atoms with Crippen LogP contribution in [-0.2, 0) is 0 Å². The molecule has 0 aliphatic heterocycles. The number of aliphatic hydroxyl groups excluding tert-OH is 1. The second-order valence-corrected chi connectivity index (χ2v) is 3.09. The molecule has 1 aromatic rings. The monoisotopic (exact) mass is 206 g/mol. The number of nitrogens with one attached hydrogen (secondary N) is 1. The number of unbranched alkanes of at least 4 members (excludes halogenated alkanes) is 1. The van der Waals surface area contributed by atoms with Crippen molar-refractivity contribution < 1.29 is 5.11 Å². The van der Waals surface area contributed by atoms with Crippen molar-refractivity contribution in [2.24, 2.45) is 0 Å². The molecule has 0 aliphatic rings. The number of aliphatic hydroxyl groups is 1. The maximum absolute atomic E-state index is 8.73. The van der Waals surface area contributed by atoms with Crippen LogP contribution in [-0.4, -0.2) is 23.2 Å². The summed E-state index contributed by atoms with van der Waals surface area (Å²) in [6.07, 6.45) is 3.13. The molecule has 5 heteroatoms. The average molecular weight is 206 g/mol. The van der Waals surface area contributed by atoms with E-state index in [1.54, 1.807) is 12.3 Å². The van der Waals surface area contributed by atoms with E-state index in [1.165, 1.54) is 0 Å². The van der Waals surface area contributed by atoms with E-state index in [9.17, 15) is 0 Å². The van der Waals surface area contributed by atoms with Crippen molar-refractivity contribution in [1.29, 1.82) is 5.26 Å². The Kier molecular flexibility index (Phi) is 4.38. The van der Waals surface area contributed by atoms with E-state index >= 15 is 0 Å². The van der Waals surface area contributed by atoms with Gasteiger partial charge in [-0.25, -0.2) is 4.98 Å². The first-order chi connectivity index (χ1) is 7.29. The Morgan fingerprint density at radius 3 is 3.00 bits per heavy atom. The van der Waals surface area contributed by atoms with Gasteiger partial charge in [-0.3, -0.25) is 0 Å². The van der Waals surface area contributed by atoms with Crippen LogP contribution in [0.3, 0.4) is 0 Å². The van der Waals surface area contributed by atoms with Crippen LogP contribution in [0.4, 0.5) is 11.5 Å². The van der Waals surface area contributed by atoms with Gasteiger partial charge in [-0.2, -0.15) is 5.26 Å². The zero-order valence-electron chi connectivity index (χ0n) is 8.40. The summed E-state index contributed by atoms with van der Waals surface area (Å²) in [6, 6.07) is 3.57. The zero-order chi connectivity index (χ0) is 11.1. The highest BCUT2D eigenvalue weighted by Crippen LogP contribution is 2.18. The van der Waals surface area contributed by atoms with Crippen LogP contribution in [0.15, 0.2) is 12.3 Å². The first-order valence-electron chi connectivity index (χ1n) is 4.79. The Labute approximate surface area is 88.6 Å². The normalized spacial score (nSPS) is 9.60. The molecule has 1 rings (SSSR count). The van der Waals surface area contributed by atoms with Gasteiger partial charge in [0.15, 0.2) is 5.82 Å². The van der Waals surface area contributed by atoms with Gasteiger partial charge in [-0.05, 0) is 18.9 Å². The number of hydrogen-bond acceptors (Lipinski definition) is 5. The van der Waals surface area contributed by atoms with Crippen LogP contribution >= 0.6 is 0 Å². The molecule has 0 atom stereocenters. The third-order valence-electron chi connectivity index (χ3n) is 1.99. The molecular formula is C10H14N4O. The van der Waals surface area contributed by atoms with Gasteiger partial charge in [0.1, 0.15) is 6.07 Å². The van der Waals surface area contributed by atoms with Crippen LogP contribution in [0.5, 0.6) is 0 Å². The highest BCUT2D eigenvalue weighted by Gasteiger charge is 2.04. The van der Waals surface area contributed by atoms with Gasteiger partial charge in [0.25, 0.3) is 0 Å². The van der Waals surface area contributed by atoms with Crippen molar-refractivity contribution in [3.8, 4) is 6.07 Å². The second kappa shape index (κ2) is 5.83. The lowest BCUT2D eigenvalue weighted by atomic mass is 10.2. The molecule has 0 saturated heterocycles. The summed E-state index contributed by atoms with van der Waals surface area (Å²) in [6.45, 7) is 0.871. The van der Waals surface area contributed by atoms with E-state index < -0.39 is 0 Å². The van der Waals surface area contributed by atoms with Gasteiger partial charge in [0.2, 0.25) is 0 Å². The van der Waals surface area contributed by atoms with Gasteiger partial charge in [-0.1, -0.05) is 0 Å². The number of nitrogen functional groups attached to an aromatic ring is 1. The van der Waals surface area contributed by atoms with E-state index in [2.05, 4.69) is 10.3 Å². The lowest BCUT2D eigenvalue weighted by Gasteiger charge is -2.08. The fourth-order valence-corrected chi connectivity index (χ4v) is 1.16. The van der Waals surface area contributed by atoms with Crippen molar-refractivity contribution in [3.05, 3.63) is 17.8 Å². The number of rotatable bonds is 5. The van der Waals surface area contributed by atoms with Crippen molar-refractivity contribution in [1.82, 2.24) is 4.98 Å². The molecule has 4 N–H and O–H groups in total. The Balaban J connectivity index is 2.58. The minimum Gasteiger partial charge on any atom is -0.396 e. The van der Waals surface area contributed by atoms with Crippen LogP contribution in [0.2, 0.25) is 0 Å². The minimum absolute atomic E-state index is 0.183. The molecule has 1 aromatic heterocycles. The summed E-state index contributed by atoms with van der Waals surface area (Å²) in [7, 11) is 0. The Morgan fingerprint density at radius 1 is 1.53 bits per heavy atom. The molecule has 1 heterocycles. The first kappa shape index (κ1) is 11.3. The zero-order valence-corrected chi connectivity index (χ0v) is 8.40. The van der Waals surface area contributed by atoms with E-state index in [-0.39, 0.29) is 6.61 Å².